The fraction of sp³-hybridized carbons (Fsp3) is 0.250. The van der Waals surface area contributed by atoms with E-state index in [1.165, 1.54) is 19.2 Å². The quantitative estimate of drug-likeness (QED) is 0.606. The minimum atomic E-state index is -0.272. The van der Waals surface area contributed by atoms with Crippen molar-refractivity contribution in [3.05, 3.63) is 47.8 Å². The van der Waals surface area contributed by atoms with E-state index in [-0.39, 0.29) is 11.7 Å². The molecule has 0 bridgehead atoms. The molecule has 22 heavy (non-hydrogen) atoms. The van der Waals surface area contributed by atoms with Crippen molar-refractivity contribution in [3.8, 4) is 11.5 Å². The van der Waals surface area contributed by atoms with Crippen molar-refractivity contribution in [1.29, 1.82) is 0 Å². The van der Waals surface area contributed by atoms with E-state index in [2.05, 4.69) is 10.3 Å². The average Bonchev–Trinajstić information content (AvgIpc) is 3.02. The third-order valence-corrected chi connectivity index (χ3v) is 3.05. The zero-order valence-electron chi connectivity index (χ0n) is 12.5. The highest BCUT2D eigenvalue weighted by Crippen LogP contribution is 2.16. The van der Waals surface area contributed by atoms with Crippen molar-refractivity contribution >= 4 is 11.7 Å². The SMILES string of the molecule is COc1ccc(OCCNC(=O)c2cc(C(C)=O)c[nH]2)cc1. The summed E-state index contributed by atoms with van der Waals surface area (Å²) >= 11 is 0. The van der Waals surface area contributed by atoms with Gasteiger partial charge in [-0.3, -0.25) is 9.59 Å². The number of methoxy groups -OCH3 is 1. The van der Waals surface area contributed by atoms with Crippen LogP contribution in [0.25, 0.3) is 0 Å². The van der Waals surface area contributed by atoms with Gasteiger partial charge in [0, 0.05) is 11.8 Å². The second-order valence-corrected chi connectivity index (χ2v) is 4.64. The molecule has 2 aromatic rings. The molecule has 0 saturated heterocycles. The van der Waals surface area contributed by atoms with Crippen molar-refractivity contribution in [2.45, 2.75) is 6.92 Å². The Morgan fingerprint density at radius 3 is 2.45 bits per heavy atom. The normalized spacial score (nSPS) is 10.1. The van der Waals surface area contributed by atoms with Gasteiger partial charge in [-0.05, 0) is 37.3 Å². The molecule has 0 unspecified atom stereocenters. The number of benzene rings is 1. The van der Waals surface area contributed by atoms with Gasteiger partial charge in [0.25, 0.3) is 5.91 Å². The summed E-state index contributed by atoms with van der Waals surface area (Å²) in [7, 11) is 1.60. The van der Waals surface area contributed by atoms with E-state index in [1.54, 1.807) is 31.4 Å². The molecule has 0 fully saturated rings. The zero-order valence-corrected chi connectivity index (χ0v) is 12.5. The van der Waals surface area contributed by atoms with E-state index in [0.717, 1.165) is 5.75 Å². The Balaban J connectivity index is 1.75. The first kappa shape index (κ1) is 15.6. The van der Waals surface area contributed by atoms with Crippen LogP contribution < -0.4 is 14.8 Å². The summed E-state index contributed by atoms with van der Waals surface area (Å²) in [6.07, 6.45) is 1.52. The Hall–Kier alpha value is -2.76. The highest BCUT2D eigenvalue weighted by molar-refractivity contribution is 5.99. The van der Waals surface area contributed by atoms with Gasteiger partial charge in [0.15, 0.2) is 5.78 Å². The topological polar surface area (TPSA) is 80.4 Å². The van der Waals surface area contributed by atoms with Gasteiger partial charge in [0.05, 0.1) is 13.7 Å². The zero-order chi connectivity index (χ0) is 15.9. The molecule has 1 aromatic heterocycles. The molecule has 0 atom stereocenters. The molecular weight excluding hydrogens is 284 g/mol. The number of carbonyl (C=O) groups excluding carboxylic acids is 2. The monoisotopic (exact) mass is 302 g/mol. The number of aromatic amines is 1. The molecule has 1 heterocycles. The molecular formula is C16H18N2O4. The second-order valence-electron chi connectivity index (χ2n) is 4.64. The van der Waals surface area contributed by atoms with Crippen LogP contribution in [0.3, 0.4) is 0 Å². The van der Waals surface area contributed by atoms with Gasteiger partial charge < -0.3 is 19.8 Å². The van der Waals surface area contributed by atoms with Gasteiger partial charge in [0.1, 0.15) is 23.8 Å². The Kier molecular flexibility index (Phi) is 5.19. The van der Waals surface area contributed by atoms with Crippen molar-refractivity contribution in [2.75, 3.05) is 20.3 Å². The van der Waals surface area contributed by atoms with Gasteiger partial charge in [-0.15, -0.1) is 0 Å². The minimum Gasteiger partial charge on any atom is -0.497 e. The van der Waals surface area contributed by atoms with Gasteiger partial charge in [-0.2, -0.15) is 0 Å². The molecule has 1 amide bonds. The first-order valence-corrected chi connectivity index (χ1v) is 6.84. The summed E-state index contributed by atoms with van der Waals surface area (Å²) in [4.78, 5) is 25.8. The van der Waals surface area contributed by atoms with Crippen LogP contribution in [-0.4, -0.2) is 36.9 Å². The van der Waals surface area contributed by atoms with Crippen LogP contribution >= 0.6 is 0 Å². The summed E-state index contributed by atoms with van der Waals surface area (Å²) in [6, 6.07) is 8.73. The van der Waals surface area contributed by atoms with E-state index in [9.17, 15) is 9.59 Å². The smallest absolute Gasteiger partial charge is 0.267 e. The minimum absolute atomic E-state index is 0.0851. The van der Waals surface area contributed by atoms with E-state index < -0.39 is 0 Å². The van der Waals surface area contributed by atoms with Gasteiger partial charge in [-0.25, -0.2) is 0 Å². The van der Waals surface area contributed by atoms with E-state index in [0.29, 0.717) is 30.2 Å². The highest BCUT2D eigenvalue weighted by atomic mass is 16.5. The lowest BCUT2D eigenvalue weighted by molar-refractivity contribution is 0.0942. The summed E-state index contributed by atoms with van der Waals surface area (Å²) in [5, 5.41) is 2.71. The number of rotatable bonds is 7. The summed E-state index contributed by atoms with van der Waals surface area (Å²) < 4.78 is 10.6. The van der Waals surface area contributed by atoms with Crippen molar-refractivity contribution in [1.82, 2.24) is 10.3 Å². The summed E-state index contributed by atoms with van der Waals surface area (Å²) in [6.45, 7) is 2.16. The molecule has 0 aliphatic rings. The number of ether oxygens (including phenoxy) is 2. The number of carbonyl (C=O) groups is 2. The summed E-state index contributed by atoms with van der Waals surface area (Å²) in [5.41, 5.74) is 0.842. The maximum Gasteiger partial charge on any atom is 0.267 e. The number of amides is 1. The molecule has 6 heteroatoms. The maximum absolute atomic E-state index is 11.8. The Bertz CT molecular complexity index is 646. The fourth-order valence-electron chi connectivity index (χ4n) is 1.83. The van der Waals surface area contributed by atoms with E-state index in [4.69, 9.17) is 9.47 Å². The number of H-pyrrole nitrogens is 1. The van der Waals surface area contributed by atoms with Crippen LogP contribution in [0.2, 0.25) is 0 Å². The number of aromatic nitrogens is 1. The van der Waals surface area contributed by atoms with E-state index in [1.807, 2.05) is 0 Å². The number of hydrogen-bond donors (Lipinski definition) is 2. The molecule has 2 rings (SSSR count). The van der Waals surface area contributed by atoms with Crippen LogP contribution in [0.5, 0.6) is 11.5 Å². The van der Waals surface area contributed by atoms with Crippen LogP contribution in [0.1, 0.15) is 27.8 Å². The number of ketones is 1. The molecule has 0 saturated carbocycles. The van der Waals surface area contributed by atoms with Gasteiger partial charge in [-0.1, -0.05) is 0 Å². The number of nitrogens with one attached hydrogen (secondary N) is 2. The molecule has 2 N–H and O–H groups in total. The van der Waals surface area contributed by atoms with Gasteiger partial charge in [0.2, 0.25) is 0 Å². The van der Waals surface area contributed by atoms with Crippen molar-refractivity contribution in [3.63, 3.8) is 0 Å². The van der Waals surface area contributed by atoms with Gasteiger partial charge >= 0.3 is 0 Å². The molecule has 116 valence electrons. The van der Waals surface area contributed by atoms with Crippen LogP contribution in [0.4, 0.5) is 0 Å². The lowest BCUT2D eigenvalue weighted by atomic mass is 10.2. The molecule has 0 radical (unpaired) electrons. The Morgan fingerprint density at radius 1 is 1.18 bits per heavy atom. The largest absolute Gasteiger partial charge is 0.497 e. The first-order valence-electron chi connectivity index (χ1n) is 6.84. The average molecular weight is 302 g/mol. The number of Topliss-reactive ketones (excluding diaryl/α,β-unsaturated/α-hetero) is 1. The predicted octanol–water partition coefficient (Wildman–Crippen LogP) is 2.03. The molecule has 1 aromatic carbocycles. The first-order chi connectivity index (χ1) is 10.6. The standard InChI is InChI=1S/C16H18N2O4/c1-11(19)12-9-15(18-10-12)16(20)17-7-8-22-14-5-3-13(21-2)4-6-14/h3-6,9-10,18H,7-8H2,1-2H3,(H,17,20). The molecule has 6 nitrogen and oxygen atoms in total. The second kappa shape index (κ2) is 7.31. The van der Waals surface area contributed by atoms with Crippen LogP contribution in [-0.2, 0) is 0 Å². The summed E-state index contributed by atoms with van der Waals surface area (Å²) in [5.74, 6) is 1.10. The van der Waals surface area contributed by atoms with Crippen molar-refractivity contribution in [2.24, 2.45) is 0 Å². The lowest BCUT2D eigenvalue weighted by Gasteiger charge is -2.07. The van der Waals surface area contributed by atoms with Crippen LogP contribution in [0.15, 0.2) is 36.5 Å². The Labute approximate surface area is 128 Å². The van der Waals surface area contributed by atoms with E-state index >= 15 is 0 Å². The van der Waals surface area contributed by atoms with Crippen molar-refractivity contribution < 1.29 is 19.1 Å². The lowest BCUT2D eigenvalue weighted by Crippen LogP contribution is -2.28. The maximum atomic E-state index is 11.8. The third-order valence-electron chi connectivity index (χ3n) is 3.05. The molecule has 0 spiro atoms. The highest BCUT2D eigenvalue weighted by Gasteiger charge is 2.09. The predicted molar refractivity (Wildman–Crippen MR) is 81.6 cm³/mol. The third kappa shape index (κ3) is 4.12. The molecule has 0 aliphatic carbocycles. The molecule has 0 aliphatic heterocycles. The van der Waals surface area contributed by atoms with Crippen LogP contribution in [0, 0.1) is 0 Å². The number of hydrogen-bond acceptors (Lipinski definition) is 4. The Morgan fingerprint density at radius 2 is 1.86 bits per heavy atom. The fourth-order valence-corrected chi connectivity index (χ4v) is 1.83.